The number of nitrogens with zero attached hydrogens (tertiary/aromatic N) is 1. The highest BCUT2D eigenvalue weighted by molar-refractivity contribution is 5.96. The first-order valence-electron chi connectivity index (χ1n) is 7.85. The van der Waals surface area contributed by atoms with E-state index in [4.69, 9.17) is 4.74 Å². The number of rotatable bonds is 6. The van der Waals surface area contributed by atoms with Crippen molar-refractivity contribution < 1.29 is 14.3 Å². The van der Waals surface area contributed by atoms with Gasteiger partial charge in [-0.1, -0.05) is 19.1 Å². The van der Waals surface area contributed by atoms with Gasteiger partial charge in [0, 0.05) is 25.3 Å². The van der Waals surface area contributed by atoms with E-state index in [0.29, 0.717) is 11.3 Å². The van der Waals surface area contributed by atoms with Crippen molar-refractivity contribution in [2.45, 2.75) is 13.3 Å². The van der Waals surface area contributed by atoms with Gasteiger partial charge in [0.15, 0.2) is 0 Å². The van der Waals surface area contributed by atoms with Crippen LogP contribution in [0.4, 0.5) is 5.69 Å². The highest BCUT2D eigenvalue weighted by Gasteiger charge is 2.10. The molecule has 0 aliphatic heterocycles. The van der Waals surface area contributed by atoms with Gasteiger partial charge in [0.1, 0.15) is 12.3 Å². The second-order valence-corrected chi connectivity index (χ2v) is 5.60. The van der Waals surface area contributed by atoms with Gasteiger partial charge in [-0.15, -0.1) is 0 Å². The van der Waals surface area contributed by atoms with Crippen molar-refractivity contribution in [1.82, 2.24) is 5.32 Å². The number of hydrogen-bond donors (Lipinski definition) is 1. The number of benzene rings is 2. The van der Waals surface area contributed by atoms with Gasteiger partial charge in [-0.05, 0) is 48.4 Å². The molecule has 0 fully saturated rings. The second-order valence-electron chi connectivity index (χ2n) is 5.60. The maximum absolute atomic E-state index is 12.1. The smallest absolute Gasteiger partial charge is 0.330 e. The number of carbonyl (C=O) groups is 2. The Labute approximate surface area is 142 Å². The predicted octanol–water partition coefficient (Wildman–Crippen LogP) is 2.65. The van der Waals surface area contributed by atoms with Crippen molar-refractivity contribution in [3.8, 4) is 5.75 Å². The number of anilines is 1. The summed E-state index contributed by atoms with van der Waals surface area (Å²) in [7, 11) is 3.86. The summed E-state index contributed by atoms with van der Waals surface area (Å²) in [6, 6.07) is 14.5. The third-order valence-corrected chi connectivity index (χ3v) is 3.58. The lowest BCUT2D eigenvalue weighted by Gasteiger charge is -2.12. The summed E-state index contributed by atoms with van der Waals surface area (Å²) in [5, 5.41) is 2.57. The highest BCUT2D eigenvalue weighted by Crippen LogP contribution is 2.14. The molecule has 0 heterocycles. The Kier molecular flexibility index (Phi) is 5.95. The maximum atomic E-state index is 12.1. The summed E-state index contributed by atoms with van der Waals surface area (Å²) in [5.74, 6) is -0.315. The lowest BCUT2D eigenvalue weighted by atomic mass is 10.2. The van der Waals surface area contributed by atoms with E-state index in [-0.39, 0.29) is 12.5 Å². The summed E-state index contributed by atoms with van der Waals surface area (Å²) in [4.78, 5) is 25.8. The molecule has 126 valence electrons. The number of carbonyl (C=O) groups excluding carboxylic acids is 2. The molecule has 2 aromatic carbocycles. The van der Waals surface area contributed by atoms with Crippen LogP contribution in [0.1, 0.15) is 22.8 Å². The largest absolute Gasteiger partial charge is 0.425 e. The number of amides is 1. The third-order valence-electron chi connectivity index (χ3n) is 3.58. The normalized spacial score (nSPS) is 10.1. The van der Waals surface area contributed by atoms with Crippen LogP contribution in [0.25, 0.3) is 0 Å². The van der Waals surface area contributed by atoms with Crippen LogP contribution in [-0.4, -0.2) is 32.5 Å². The summed E-state index contributed by atoms with van der Waals surface area (Å²) in [6.45, 7) is 1.85. The van der Waals surface area contributed by atoms with Gasteiger partial charge in [-0.25, -0.2) is 4.79 Å². The molecule has 1 N–H and O–H groups in total. The van der Waals surface area contributed by atoms with E-state index in [9.17, 15) is 9.59 Å². The number of aryl methyl sites for hydroxylation is 1. The van der Waals surface area contributed by atoms with Gasteiger partial charge in [-0.2, -0.15) is 0 Å². The van der Waals surface area contributed by atoms with Crippen LogP contribution in [0, 0.1) is 0 Å². The molecule has 5 nitrogen and oxygen atoms in total. The average Bonchev–Trinajstić information content (AvgIpc) is 2.60. The summed E-state index contributed by atoms with van der Waals surface area (Å²) >= 11 is 0. The van der Waals surface area contributed by atoms with Crippen LogP contribution in [0.2, 0.25) is 0 Å². The van der Waals surface area contributed by atoms with E-state index >= 15 is 0 Å². The molecular weight excluding hydrogens is 304 g/mol. The molecule has 0 radical (unpaired) electrons. The summed E-state index contributed by atoms with van der Waals surface area (Å²) < 4.78 is 5.23. The van der Waals surface area contributed by atoms with Crippen molar-refractivity contribution in [2.24, 2.45) is 0 Å². The zero-order chi connectivity index (χ0) is 17.5. The van der Waals surface area contributed by atoms with Crippen LogP contribution in [0.3, 0.4) is 0 Å². The van der Waals surface area contributed by atoms with Gasteiger partial charge >= 0.3 is 5.97 Å². The molecule has 0 bridgehead atoms. The van der Waals surface area contributed by atoms with Crippen LogP contribution < -0.4 is 15.0 Å². The molecule has 0 atom stereocenters. The first-order chi connectivity index (χ1) is 11.5. The molecule has 2 rings (SSSR count). The molecule has 0 saturated heterocycles. The minimum atomic E-state index is -0.499. The van der Waals surface area contributed by atoms with Crippen LogP contribution in [-0.2, 0) is 11.2 Å². The van der Waals surface area contributed by atoms with Crippen LogP contribution in [0.5, 0.6) is 5.75 Å². The van der Waals surface area contributed by atoms with Gasteiger partial charge in [-0.3, -0.25) is 4.79 Å². The Hall–Kier alpha value is -2.82. The van der Waals surface area contributed by atoms with E-state index in [1.807, 2.05) is 56.3 Å². The van der Waals surface area contributed by atoms with E-state index in [0.717, 1.165) is 17.7 Å². The number of ether oxygens (including phenoxy) is 1. The fraction of sp³-hybridized carbons (Fsp3) is 0.263. The summed E-state index contributed by atoms with van der Waals surface area (Å²) in [6.07, 6.45) is 0.866. The first-order valence-corrected chi connectivity index (χ1v) is 7.85. The van der Waals surface area contributed by atoms with Crippen molar-refractivity contribution >= 4 is 17.6 Å². The lowest BCUT2D eigenvalue weighted by Crippen LogP contribution is -2.31. The lowest BCUT2D eigenvalue weighted by molar-refractivity contribution is -0.133. The van der Waals surface area contributed by atoms with E-state index in [1.54, 1.807) is 18.2 Å². The molecular formula is C19H22N2O3. The van der Waals surface area contributed by atoms with Crippen LogP contribution in [0.15, 0.2) is 48.5 Å². The molecule has 2 aromatic rings. The zero-order valence-corrected chi connectivity index (χ0v) is 14.2. The van der Waals surface area contributed by atoms with Gasteiger partial charge in [0.05, 0.1) is 0 Å². The third kappa shape index (κ3) is 4.84. The second kappa shape index (κ2) is 8.15. The Morgan fingerprint density at radius 2 is 1.79 bits per heavy atom. The summed E-state index contributed by atoms with van der Waals surface area (Å²) in [5.41, 5.74) is 2.59. The molecule has 24 heavy (non-hydrogen) atoms. The molecule has 0 saturated carbocycles. The average molecular weight is 326 g/mol. The Morgan fingerprint density at radius 1 is 1.08 bits per heavy atom. The minimum Gasteiger partial charge on any atom is -0.425 e. The van der Waals surface area contributed by atoms with Gasteiger partial charge in [0.2, 0.25) is 0 Å². The number of esters is 1. The molecule has 1 amide bonds. The molecule has 0 unspecified atom stereocenters. The van der Waals surface area contributed by atoms with Crippen molar-refractivity contribution in [3.63, 3.8) is 0 Å². The van der Waals surface area contributed by atoms with Crippen molar-refractivity contribution in [1.29, 1.82) is 0 Å². The Morgan fingerprint density at radius 3 is 2.42 bits per heavy atom. The Bertz CT molecular complexity index is 709. The van der Waals surface area contributed by atoms with Gasteiger partial charge < -0.3 is 15.0 Å². The quantitative estimate of drug-likeness (QED) is 0.655. The number of nitrogens with one attached hydrogen (secondary N) is 1. The standard InChI is InChI=1S/C19H22N2O3/c1-4-14-6-5-7-17(12-14)24-18(22)13-20-19(23)15-8-10-16(11-9-15)21(2)3/h5-12H,4,13H2,1-3H3,(H,20,23). The van der Waals surface area contributed by atoms with E-state index < -0.39 is 5.97 Å². The maximum Gasteiger partial charge on any atom is 0.330 e. The molecule has 0 spiro atoms. The van der Waals surface area contributed by atoms with Crippen molar-refractivity contribution in [3.05, 3.63) is 59.7 Å². The molecule has 0 aliphatic carbocycles. The molecule has 0 aromatic heterocycles. The van der Waals surface area contributed by atoms with Crippen LogP contribution >= 0.6 is 0 Å². The zero-order valence-electron chi connectivity index (χ0n) is 14.2. The topological polar surface area (TPSA) is 58.6 Å². The Balaban J connectivity index is 1.87. The fourth-order valence-corrected chi connectivity index (χ4v) is 2.16. The predicted molar refractivity (Wildman–Crippen MR) is 94.6 cm³/mol. The fourth-order valence-electron chi connectivity index (χ4n) is 2.16. The van der Waals surface area contributed by atoms with E-state index in [2.05, 4.69) is 5.32 Å². The number of hydrogen-bond acceptors (Lipinski definition) is 4. The van der Waals surface area contributed by atoms with Gasteiger partial charge in [0.25, 0.3) is 5.91 Å². The minimum absolute atomic E-state index is 0.176. The molecule has 0 aliphatic rings. The SMILES string of the molecule is CCc1cccc(OC(=O)CNC(=O)c2ccc(N(C)C)cc2)c1. The monoisotopic (exact) mass is 326 g/mol. The first kappa shape index (κ1) is 17.5. The van der Waals surface area contributed by atoms with Crippen molar-refractivity contribution in [2.75, 3.05) is 25.5 Å². The van der Waals surface area contributed by atoms with E-state index in [1.165, 1.54) is 0 Å². The molecule has 5 heteroatoms. The highest BCUT2D eigenvalue weighted by atomic mass is 16.5.